The molecule has 1 N–H and O–H groups in total. The summed E-state index contributed by atoms with van der Waals surface area (Å²) in [6.45, 7) is 2.08. The van der Waals surface area contributed by atoms with Gasteiger partial charge in [-0.15, -0.1) is 0 Å². The zero-order chi connectivity index (χ0) is 15.2. The third-order valence-corrected chi connectivity index (χ3v) is 3.30. The van der Waals surface area contributed by atoms with E-state index in [4.69, 9.17) is 14.6 Å². The fraction of sp³-hybridized carbons (Fsp3) is 0.235. The number of ether oxygens (including phenoxy) is 2. The van der Waals surface area contributed by atoms with E-state index in [0.717, 1.165) is 5.56 Å². The molecule has 2 aromatic carbocycles. The lowest BCUT2D eigenvalue weighted by Crippen LogP contribution is -2.07. The van der Waals surface area contributed by atoms with Crippen LogP contribution in [0.5, 0.6) is 11.5 Å². The summed E-state index contributed by atoms with van der Waals surface area (Å²) in [4.78, 5) is 11.0. The first-order valence-electron chi connectivity index (χ1n) is 6.69. The Labute approximate surface area is 123 Å². The van der Waals surface area contributed by atoms with E-state index in [9.17, 15) is 4.79 Å². The fourth-order valence-electron chi connectivity index (χ4n) is 1.95. The van der Waals surface area contributed by atoms with Crippen LogP contribution in [0.1, 0.15) is 24.0 Å². The maximum atomic E-state index is 11.0. The molecule has 0 saturated heterocycles. The molecule has 4 nitrogen and oxygen atoms in total. The Bertz CT molecular complexity index is 607. The van der Waals surface area contributed by atoms with Crippen molar-refractivity contribution in [1.29, 1.82) is 0 Å². The van der Waals surface area contributed by atoms with Gasteiger partial charge < -0.3 is 14.6 Å². The van der Waals surface area contributed by atoms with Crippen LogP contribution in [-0.4, -0.2) is 18.2 Å². The van der Waals surface area contributed by atoms with Gasteiger partial charge in [-0.05, 0) is 30.2 Å². The summed E-state index contributed by atoms with van der Waals surface area (Å²) in [5.74, 6) is -0.309. The van der Waals surface area contributed by atoms with Crippen LogP contribution >= 0.6 is 0 Å². The third kappa shape index (κ3) is 3.75. The van der Waals surface area contributed by atoms with Crippen LogP contribution < -0.4 is 9.47 Å². The number of carbonyl (C=O) groups is 1. The Balaban J connectivity index is 2.15. The average Bonchev–Trinajstić information content (AvgIpc) is 2.53. The molecule has 21 heavy (non-hydrogen) atoms. The van der Waals surface area contributed by atoms with E-state index in [-0.39, 0.29) is 0 Å². The molecule has 1 unspecified atom stereocenters. The SMILES string of the molecule is COc1cc(C(C)C(=O)O)ccc1OCc1ccccc1. The molecule has 0 spiro atoms. The number of hydrogen-bond acceptors (Lipinski definition) is 3. The summed E-state index contributed by atoms with van der Waals surface area (Å²) < 4.78 is 11.0. The first-order valence-corrected chi connectivity index (χ1v) is 6.69. The van der Waals surface area contributed by atoms with Gasteiger partial charge >= 0.3 is 5.97 Å². The van der Waals surface area contributed by atoms with E-state index >= 15 is 0 Å². The summed E-state index contributed by atoms with van der Waals surface area (Å²) in [6.07, 6.45) is 0. The quantitative estimate of drug-likeness (QED) is 0.883. The van der Waals surface area contributed by atoms with Crippen molar-refractivity contribution in [3.63, 3.8) is 0 Å². The van der Waals surface area contributed by atoms with Crippen molar-refractivity contribution >= 4 is 5.97 Å². The van der Waals surface area contributed by atoms with E-state index < -0.39 is 11.9 Å². The number of aliphatic carboxylic acids is 1. The van der Waals surface area contributed by atoms with Crippen LogP contribution in [0.2, 0.25) is 0 Å². The van der Waals surface area contributed by atoms with Crippen LogP contribution in [-0.2, 0) is 11.4 Å². The van der Waals surface area contributed by atoms with Gasteiger partial charge in [0.05, 0.1) is 13.0 Å². The average molecular weight is 286 g/mol. The molecule has 0 aromatic heterocycles. The molecule has 0 aliphatic carbocycles. The first-order chi connectivity index (χ1) is 10.1. The number of carboxylic acids is 1. The van der Waals surface area contributed by atoms with Gasteiger partial charge in [-0.25, -0.2) is 0 Å². The highest BCUT2D eigenvalue weighted by atomic mass is 16.5. The van der Waals surface area contributed by atoms with Gasteiger partial charge in [0.2, 0.25) is 0 Å². The highest BCUT2D eigenvalue weighted by Gasteiger charge is 2.16. The van der Waals surface area contributed by atoms with E-state index in [0.29, 0.717) is 23.7 Å². The molecule has 4 heteroatoms. The van der Waals surface area contributed by atoms with E-state index in [1.165, 1.54) is 0 Å². The van der Waals surface area contributed by atoms with Crippen molar-refractivity contribution in [2.75, 3.05) is 7.11 Å². The van der Waals surface area contributed by atoms with Crippen LogP contribution in [0.25, 0.3) is 0 Å². The maximum Gasteiger partial charge on any atom is 0.310 e. The predicted octanol–water partition coefficient (Wildman–Crippen LogP) is 3.46. The smallest absolute Gasteiger partial charge is 0.310 e. The molecule has 0 aliphatic heterocycles. The summed E-state index contributed by atoms with van der Waals surface area (Å²) in [7, 11) is 1.54. The number of carboxylic acid groups (broad SMARTS) is 1. The van der Waals surface area contributed by atoms with Gasteiger partial charge in [0.15, 0.2) is 11.5 Å². The van der Waals surface area contributed by atoms with Crippen LogP contribution in [0.3, 0.4) is 0 Å². The lowest BCUT2D eigenvalue weighted by Gasteiger charge is -2.14. The maximum absolute atomic E-state index is 11.0. The van der Waals surface area contributed by atoms with Crippen molar-refractivity contribution < 1.29 is 19.4 Å². The van der Waals surface area contributed by atoms with Gasteiger partial charge in [0.1, 0.15) is 6.61 Å². The van der Waals surface area contributed by atoms with Gasteiger partial charge in [-0.1, -0.05) is 36.4 Å². The molecule has 0 heterocycles. The van der Waals surface area contributed by atoms with Crippen molar-refractivity contribution in [2.24, 2.45) is 0 Å². The summed E-state index contributed by atoms with van der Waals surface area (Å²) in [5.41, 5.74) is 1.74. The lowest BCUT2D eigenvalue weighted by molar-refractivity contribution is -0.138. The molecular formula is C17H18O4. The second-order valence-corrected chi connectivity index (χ2v) is 4.74. The van der Waals surface area contributed by atoms with Crippen LogP contribution in [0.15, 0.2) is 48.5 Å². The second-order valence-electron chi connectivity index (χ2n) is 4.74. The molecule has 110 valence electrons. The zero-order valence-corrected chi connectivity index (χ0v) is 12.1. The molecule has 0 fully saturated rings. The largest absolute Gasteiger partial charge is 0.493 e. The minimum Gasteiger partial charge on any atom is -0.493 e. The van der Waals surface area contributed by atoms with Gasteiger partial charge in [0, 0.05) is 0 Å². The van der Waals surface area contributed by atoms with Gasteiger partial charge in [-0.2, -0.15) is 0 Å². The zero-order valence-electron chi connectivity index (χ0n) is 12.1. The fourth-order valence-corrected chi connectivity index (χ4v) is 1.95. The highest BCUT2D eigenvalue weighted by molar-refractivity contribution is 5.75. The van der Waals surface area contributed by atoms with Gasteiger partial charge in [-0.3, -0.25) is 4.79 Å². The molecule has 2 aromatic rings. The molecule has 0 amide bonds. The minimum atomic E-state index is -0.866. The third-order valence-electron chi connectivity index (χ3n) is 3.30. The molecule has 0 saturated carbocycles. The Hall–Kier alpha value is -2.49. The number of hydrogen-bond donors (Lipinski definition) is 1. The second kappa shape index (κ2) is 6.79. The molecular weight excluding hydrogens is 268 g/mol. The van der Waals surface area contributed by atoms with E-state index in [2.05, 4.69) is 0 Å². The summed E-state index contributed by atoms with van der Waals surface area (Å²) >= 11 is 0. The van der Waals surface area contributed by atoms with Crippen molar-refractivity contribution in [1.82, 2.24) is 0 Å². The normalized spacial score (nSPS) is 11.7. The molecule has 0 aliphatic rings. The lowest BCUT2D eigenvalue weighted by atomic mass is 10.0. The van der Waals surface area contributed by atoms with Crippen molar-refractivity contribution in [3.05, 3.63) is 59.7 Å². The topological polar surface area (TPSA) is 55.8 Å². The molecule has 0 radical (unpaired) electrons. The number of benzene rings is 2. The monoisotopic (exact) mass is 286 g/mol. The van der Waals surface area contributed by atoms with E-state index in [1.54, 1.807) is 32.2 Å². The van der Waals surface area contributed by atoms with Crippen molar-refractivity contribution in [2.45, 2.75) is 19.4 Å². The Morgan fingerprint density at radius 3 is 2.48 bits per heavy atom. The number of methoxy groups -OCH3 is 1. The minimum absolute atomic E-state index is 0.436. The van der Waals surface area contributed by atoms with E-state index in [1.807, 2.05) is 30.3 Å². The first kappa shape index (κ1) is 14.9. The van der Waals surface area contributed by atoms with Crippen LogP contribution in [0.4, 0.5) is 0 Å². The number of rotatable bonds is 6. The molecule has 2 rings (SSSR count). The Morgan fingerprint density at radius 1 is 1.14 bits per heavy atom. The predicted molar refractivity (Wildman–Crippen MR) is 79.8 cm³/mol. The molecule has 0 bridgehead atoms. The van der Waals surface area contributed by atoms with Crippen LogP contribution in [0, 0.1) is 0 Å². The Kier molecular flexibility index (Phi) is 4.82. The standard InChI is InChI=1S/C17H18O4/c1-12(17(18)19)14-8-9-15(16(10-14)20-2)21-11-13-6-4-3-5-7-13/h3-10,12H,11H2,1-2H3,(H,18,19). The Morgan fingerprint density at radius 2 is 1.86 bits per heavy atom. The highest BCUT2D eigenvalue weighted by Crippen LogP contribution is 2.31. The summed E-state index contributed by atoms with van der Waals surface area (Å²) in [5, 5.41) is 9.05. The summed E-state index contributed by atoms with van der Waals surface area (Å²) in [6, 6.07) is 15.0. The van der Waals surface area contributed by atoms with Gasteiger partial charge in [0.25, 0.3) is 0 Å². The molecule has 1 atom stereocenters. The van der Waals surface area contributed by atoms with Crippen molar-refractivity contribution in [3.8, 4) is 11.5 Å².